The van der Waals surface area contributed by atoms with Gasteiger partial charge in [-0.1, -0.05) is 35.3 Å². The number of aromatic nitrogens is 4. The Morgan fingerprint density at radius 1 is 1.03 bits per heavy atom. The van der Waals surface area contributed by atoms with Gasteiger partial charge in [-0.05, 0) is 42.8 Å². The first kappa shape index (κ1) is 20.3. The Kier molecular flexibility index (Phi) is 5.92. The molecule has 30 heavy (non-hydrogen) atoms. The second kappa shape index (κ2) is 8.77. The summed E-state index contributed by atoms with van der Waals surface area (Å²) in [6, 6.07) is 11.3. The fraction of sp³-hybridized carbons (Fsp3) is 0.143. The van der Waals surface area contributed by atoms with Crippen LogP contribution in [0, 0.1) is 5.82 Å². The maximum atomic E-state index is 13.1. The lowest BCUT2D eigenvalue weighted by Gasteiger charge is -2.11. The summed E-state index contributed by atoms with van der Waals surface area (Å²) in [5.74, 6) is 0.358. The summed E-state index contributed by atoms with van der Waals surface area (Å²) in [4.78, 5) is 17.9. The highest BCUT2D eigenvalue weighted by Gasteiger charge is 2.15. The molecule has 0 amide bonds. The van der Waals surface area contributed by atoms with E-state index in [4.69, 9.17) is 27.9 Å². The molecule has 0 atom stereocenters. The van der Waals surface area contributed by atoms with Crippen molar-refractivity contribution in [2.45, 2.75) is 13.5 Å². The molecular weight excluding hydrogens is 428 g/mol. The molecule has 4 rings (SSSR count). The number of halogens is 3. The molecule has 2 aromatic carbocycles. The van der Waals surface area contributed by atoms with Crippen LogP contribution in [0.2, 0.25) is 10.0 Å². The van der Waals surface area contributed by atoms with Crippen LogP contribution in [0.4, 0.5) is 10.3 Å². The third-order valence-electron chi connectivity index (χ3n) is 4.23. The van der Waals surface area contributed by atoms with Crippen LogP contribution in [0.5, 0.6) is 5.88 Å². The maximum absolute atomic E-state index is 13.1. The largest absolute Gasteiger partial charge is 0.476 e. The minimum atomic E-state index is -0.286. The van der Waals surface area contributed by atoms with Gasteiger partial charge in [-0.25, -0.2) is 14.4 Å². The molecule has 4 aromatic rings. The van der Waals surface area contributed by atoms with Crippen molar-refractivity contribution in [2.24, 2.45) is 0 Å². The van der Waals surface area contributed by atoms with Gasteiger partial charge in [0.1, 0.15) is 5.82 Å². The first-order valence-corrected chi connectivity index (χ1v) is 9.90. The summed E-state index contributed by atoms with van der Waals surface area (Å²) in [7, 11) is 0. The molecule has 2 aromatic heterocycles. The highest BCUT2D eigenvalue weighted by Crippen LogP contribution is 2.31. The number of ether oxygens (including phenoxy) is 1. The number of hydrogen-bond donors (Lipinski definition) is 1. The molecule has 1 N–H and O–H groups in total. The quantitative estimate of drug-likeness (QED) is 0.421. The van der Waals surface area contributed by atoms with Gasteiger partial charge >= 0.3 is 0 Å². The molecule has 0 fully saturated rings. The van der Waals surface area contributed by atoms with Gasteiger partial charge in [0.25, 0.3) is 0 Å². The Bertz CT molecular complexity index is 1200. The van der Waals surface area contributed by atoms with Crippen LogP contribution in [0.1, 0.15) is 12.5 Å². The Balaban J connectivity index is 1.68. The van der Waals surface area contributed by atoms with E-state index in [9.17, 15) is 4.39 Å². The molecule has 152 valence electrons. The van der Waals surface area contributed by atoms with E-state index in [0.717, 1.165) is 5.56 Å². The zero-order valence-corrected chi connectivity index (χ0v) is 17.4. The van der Waals surface area contributed by atoms with Crippen molar-refractivity contribution in [3.8, 4) is 17.1 Å². The molecule has 0 saturated heterocycles. The van der Waals surface area contributed by atoms with Crippen molar-refractivity contribution in [3.63, 3.8) is 0 Å². The van der Waals surface area contributed by atoms with Crippen LogP contribution in [0.3, 0.4) is 0 Å². The predicted molar refractivity (Wildman–Crippen MR) is 115 cm³/mol. The Hall–Kier alpha value is -3.03. The van der Waals surface area contributed by atoms with Gasteiger partial charge in [-0.2, -0.15) is 9.97 Å². The highest BCUT2D eigenvalue weighted by molar-refractivity contribution is 6.36. The summed E-state index contributed by atoms with van der Waals surface area (Å²) >= 11 is 12.3. The average Bonchev–Trinajstić information content (AvgIpc) is 2.73. The van der Waals surface area contributed by atoms with Gasteiger partial charge < -0.3 is 10.1 Å². The Labute approximate surface area is 182 Å². The number of nitrogens with one attached hydrogen (secondary N) is 1. The number of fused-ring (bicyclic) bond motifs is 1. The van der Waals surface area contributed by atoms with Gasteiger partial charge in [0.2, 0.25) is 11.8 Å². The molecule has 0 bridgehead atoms. The molecule has 2 heterocycles. The fourth-order valence-corrected chi connectivity index (χ4v) is 3.31. The molecule has 6 nitrogen and oxygen atoms in total. The summed E-state index contributed by atoms with van der Waals surface area (Å²) in [5, 5.41) is 4.11. The lowest BCUT2D eigenvalue weighted by atomic mass is 10.1. The molecule has 0 unspecified atom stereocenters. The van der Waals surface area contributed by atoms with Crippen molar-refractivity contribution in [1.82, 2.24) is 19.9 Å². The molecular formula is C21H16Cl2FN5O. The van der Waals surface area contributed by atoms with Crippen LogP contribution in [-0.2, 0) is 6.54 Å². The van der Waals surface area contributed by atoms with Crippen molar-refractivity contribution >= 4 is 40.3 Å². The number of anilines is 1. The van der Waals surface area contributed by atoms with Gasteiger partial charge in [0, 0.05) is 17.1 Å². The second-order valence-electron chi connectivity index (χ2n) is 6.32. The van der Waals surface area contributed by atoms with Crippen LogP contribution in [0.15, 0.2) is 48.7 Å². The number of benzene rings is 2. The summed E-state index contributed by atoms with van der Waals surface area (Å²) in [5.41, 5.74) is 2.94. The zero-order valence-electron chi connectivity index (χ0n) is 15.9. The van der Waals surface area contributed by atoms with Gasteiger partial charge in [-0.15, -0.1) is 0 Å². The molecule has 0 spiro atoms. The molecule has 0 radical (unpaired) electrons. The van der Waals surface area contributed by atoms with Crippen LogP contribution < -0.4 is 10.1 Å². The molecule has 0 aliphatic rings. The number of rotatable bonds is 6. The Morgan fingerprint density at radius 3 is 2.57 bits per heavy atom. The number of nitrogens with zero attached hydrogens (tertiary/aromatic N) is 4. The van der Waals surface area contributed by atoms with Crippen molar-refractivity contribution in [2.75, 3.05) is 11.9 Å². The van der Waals surface area contributed by atoms with E-state index in [1.54, 1.807) is 36.5 Å². The van der Waals surface area contributed by atoms with Crippen molar-refractivity contribution < 1.29 is 9.13 Å². The topological polar surface area (TPSA) is 72.8 Å². The molecule has 0 aliphatic heterocycles. The van der Waals surface area contributed by atoms with Crippen molar-refractivity contribution in [1.29, 1.82) is 0 Å². The lowest BCUT2D eigenvalue weighted by Crippen LogP contribution is -2.07. The van der Waals surface area contributed by atoms with E-state index in [1.807, 2.05) is 6.92 Å². The van der Waals surface area contributed by atoms with Gasteiger partial charge in [-0.3, -0.25) is 0 Å². The minimum Gasteiger partial charge on any atom is -0.476 e. The molecule has 9 heteroatoms. The highest BCUT2D eigenvalue weighted by atomic mass is 35.5. The third kappa shape index (κ3) is 4.42. The molecule has 0 aliphatic carbocycles. The first-order valence-electron chi connectivity index (χ1n) is 9.15. The van der Waals surface area contributed by atoms with Crippen LogP contribution >= 0.6 is 23.2 Å². The third-order valence-corrected chi connectivity index (χ3v) is 4.77. The first-order chi connectivity index (χ1) is 14.5. The Morgan fingerprint density at radius 2 is 1.83 bits per heavy atom. The number of hydrogen-bond acceptors (Lipinski definition) is 6. The van der Waals surface area contributed by atoms with Gasteiger partial charge in [0.05, 0.1) is 23.5 Å². The SMILES string of the molecule is CCOc1nc(NCc2ccc(F)cc2)nc2ncc(-c3ccc(Cl)cc3Cl)nc12. The summed E-state index contributed by atoms with van der Waals surface area (Å²) in [6.07, 6.45) is 1.59. The minimum absolute atomic E-state index is 0.286. The smallest absolute Gasteiger partial charge is 0.247 e. The fourth-order valence-electron chi connectivity index (χ4n) is 2.81. The molecule has 0 saturated carbocycles. The van der Waals surface area contributed by atoms with E-state index in [0.29, 0.717) is 57.4 Å². The van der Waals surface area contributed by atoms with E-state index < -0.39 is 0 Å². The maximum Gasteiger partial charge on any atom is 0.247 e. The predicted octanol–water partition coefficient (Wildman–Crippen LogP) is 5.54. The van der Waals surface area contributed by atoms with E-state index in [1.165, 1.54) is 12.1 Å². The monoisotopic (exact) mass is 443 g/mol. The van der Waals surface area contributed by atoms with Crippen LogP contribution in [0.25, 0.3) is 22.4 Å². The zero-order chi connectivity index (χ0) is 21.1. The standard InChI is InChI=1S/C21H16Cl2FN5O/c1-2-30-20-18-19(25-11-17(27-18)15-8-5-13(22)9-16(15)23)28-21(29-20)26-10-12-3-6-14(24)7-4-12/h3-9,11H,2,10H2,1H3,(H,25,26,28,29). The van der Waals surface area contributed by atoms with E-state index in [-0.39, 0.29) is 5.82 Å². The van der Waals surface area contributed by atoms with Gasteiger partial charge in [0.15, 0.2) is 11.2 Å². The second-order valence-corrected chi connectivity index (χ2v) is 7.16. The lowest BCUT2D eigenvalue weighted by molar-refractivity contribution is 0.330. The van der Waals surface area contributed by atoms with Crippen LogP contribution in [-0.4, -0.2) is 26.5 Å². The van der Waals surface area contributed by atoms with Crippen molar-refractivity contribution in [3.05, 3.63) is 70.1 Å². The van der Waals surface area contributed by atoms with E-state index >= 15 is 0 Å². The summed E-state index contributed by atoms with van der Waals surface area (Å²) in [6.45, 7) is 2.67. The summed E-state index contributed by atoms with van der Waals surface area (Å²) < 4.78 is 18.7. The average molecular weight is 444 g/mol. The van der Waals surface area contributed by atoms with E-state index in [2.05, 4.69) is 25.3 Å². The normalized spacial score (nSPS) is 10.9.